The van der Waals surface area contributed by atoms with Crippen molar-refractivity contribution in [2.75, 3.05) is 0 Å². The molecule has 2 bridgehead atoms. The predicted molar refractivity (Wildman–Crippen MR) is 57.6 cm³/mol. The molecule has 0 spiro atoms. The third-order valence-corrected chi connectivity index (χ3v) is 4.46. The number of rotatable bonds is 4. The Morgan fingerprint density at radius 2 is 1.17 bits per heavy atom. The van der Waals surface area contributed by atoms with Crippen LogP contribution in [0.25, 0.3) is 0 Å². The van der Waals surface area contributed by atoms with Crippen molar-refractivity contribution in [1.82, 2.24) is 0 Å². The zero-order valence-corrected chi connectivity index (χ0v) is 9.56. The number of aliphatic carboxylic acids is 2. The van der Waals surface area contributed by atoms with E-state index in [1.165, 1.54) is 0 Å². The zero-order valence-electron chi connectivity index (χ0n) is 9.56. The normalized spacial score (nSPS) is 42.2. The van der Waals surface area contributed by atoms with Gasteiger partial charge in [0.1, 0.15) is 12.6 Å². The molecule has 3 aliphatic rings. The first-order valence-electron chi connectivity index (χ1n) is 5.89. The Hall–Kier alpha value is -1.72. The number of hydrogen-bond acceptors (Lipinski definition) is 4. The highest BCUT2D eigenvalue weighted by Crippen LogP contribution is 2.53. The van der Waals surface area contributed by atoms with Crippen LogP contribution in [0.4, 0.5) is 0 Å². The lowest BCUT2D eigenvalue weighted by molar-refractivity contribution is -0.176. The second-order valence-electron chi connectivity index (χ2n) is 5.06. The average molecular weight is 254 g/mol. The van der Waals surface area contributed by atoms with E-state index in [1.807, 2.05) is 0 Å². The summed E-state index contributed by atoms with van der Waals surface area (Å²) in [5.41, 5.74) is 0. The highest BCUT2D eigenvalue weighted by molar-refractivity contribution is 5.83. The van der Waals surface area contributed by atoms with E-state index in [9.17, 15) is 29.4 Å². The van der Waals surface area contributed by atoms with Gasteiger partial charge in [0.2, 0.25) is 0 Å². The Bertz CT molecular complexity index is 365. The molecule has 0 saturated heterocycles. The molecule has 0 amide bonds. The van der Waals surface area contributed by atoms with Crippen LogP contribution in [0.1, 0.15) is 12.8 Å². The summed E-state index contributed by atoms with van der Waals surface area (Å²) in [6.07, 6.45) is 2.23. The molecule has 0 aliphatic heterocycles. The van der Waals surface area contributed by atoms with E-state index in [0.29, 0.717) is 25.4 Å². The van der Waals surface area contributed by atoms with Gasteiger partial charge in [0.25, 0.3) is 0 Å². The fraction of sp³-hybridized carbons (Fsp3) is 0.667. The molecule has 6 unspecified atom stereocenters. The van der Waals surface area contributed by atoms with Gasteiger partial charge in [-0.05, 0) is 24.7 Å². The van der Waals surface area contributed by atoms with E-state index in [-0.39, 0.29) is 0 Å². The topological polar surface area (TPSA) is 109 Å². The molecule has 6 heteroatoms. The Kier molecular flexibility index (Phi) is 3.19. The number of hydrogen-bond donors (Lipinski definition) is 2. The molecule has 3 fully saturated rings. The molecule has 6 nitrogen and oxygen atoms in total. The lowest BCUT2D eigenvalue weighted by Crippen LogP contribution is -2.56. The van der Waals surface area contributed by atoms with Crippen LogP contribution in [0.3, 0.4) is 0 Å². The summed E-state index contributed by atoms with van der Waals surface area (Å²) in [5.74, 6) is -6.89. The highest BCUT2D eigenvalue weighted by Gasteiger charge is 2.58. The maximum atomic E-state index is 11.2. The minimum atomic E-state index is -1.19. The monoisotopic (exact) mass is 254 g/mol. The number of carbonyl (C=O) groups excluding carboxylic acids is 2. The summed E-state index contributed by atoms with van der Waals surface area (Å²) in [7, 11) is 0. The number of fused-ring (bicyclic) bond motifs is 3. The van der Waals surface area contributed by atoms with E-state index < -0.39 is 47.4 Å². The van der Waals surface area contributed by atoms with Gasteiger partial charge >= 0.3 is 11.9 Å². The second-order valence-corrected chi connectivity index (χ2v) is 5.06. The molecule has 0 aromatic rings. The fourth-order valence-electron chi connectivity index (χ4n) is 3.77. The first-order chi connectivity index (χ1) is 8.52. The molecular weight excluding hydrogens is 240 g/mol. The Morgan fingerprint density at radius 1 is 0.833 bits per heavy atom. The number of carbonyl (C=O) groups is 4. The van der Waals surface area contributed by atoms with Crippen molar-refractivity contribution in [1.29, 1.82) is 0 Å². The van der Waals surface area contributed by atoms with Crippen LogP contribution in [0.15, 0.2) is 0 Å². The SMILES string of the molecule is O=CC1C(C=O)C2CCC1C(C(=O)O)C2C(=O)O. The maximum Gasteiger partial charge on any atom is 0.307 e. The first kappa shape index (κ1) is 12.7. The second kappa shape index (κ2) is 4.51. The van der Waals surface area contributed by atoms with Gasteiger partial charge in [-0.1, -0.05) is 0 Å². The minimum Gasteiger partial charge on any atom is -0.481 e. The third-order valence-electron chi connectivity index (χ3n) is 4.46. The lowest BCUT2D eigenvalue weighted by atomic mass is 9.50. The molecule has 18 heavy (non-hydrogen) atoms. The van der Waals surface area contributed by atoms with Crippen LogP contribution in [-0.2, 0) is 19.2 Å². The largest absolute Gasteiger partial charge is 0.481 e. The van der Waals surface area contributed by atoms with Crippen molar-refractivity contribution >= 4 is 24.5 Å². The summed E-state index contributed by atoms with van der Waals surface area (Å²) >= 11 is 0. The van der Waals surface area contributed by atoms with Crippen molar-refractivity contribution in [3.63, 3.8) is 0 Å². The van der Waals surface area contributed by atoms with E-state index >= 15 is 0 Å². The third kappa shape index (κ3) is 1.63. The summed E-state index contributed by atoms with van der Waals surface area (Å²) in [6, 6.07) is 0. The predicted octanol–water partition coefficient (Wildman–Crippen LogP) is 0.0580. The standard InChI is InChI=1S/C12H14O6/c13-3-7-5-1-2-6(8(7)4-14)10(12(17)18)9(5)11(15)16/h3-10H,1-2H2,(H,15,16)(H,17,18). The summed E-state index contributed by atoms with van der Waals surface area (Å²) in [4.78, 5) is 44.6. The van der Waals surface area contributed by atoms with Gasteiger partial charge in [0.05, 0.1) is 11.8 Å². The van der Waals surface area contributed by atoms with E-state index in [2.05, 4.69) is 0 Å². The van der Waals surface area contributed by atoms with Crippen molar-refractivity contribution in [2.24, 2.45) is 35.5 Å². The van der Waals surface area contributed by atoms with Gasteiger partial charge in [-0.2, -0.15) is 0 Å². The average Bonchev–Trinajstić information content (AvgIpc) is 2.36. The van der Waals surface area contributed by atoms with Gasteiger partial charge in [-0.3, -0.25) is 9.59 Å². The molecule has 3 saturated carbocycles. The van der Waals surface area contributed by atoms with Crippen molar-refractivity contribution in [2.45, 2.75) is 12.8 Å². The molecule has 0 radical (unpaired) electrons. The molecule has 3 rings (SSSR count). The van der Waals surface area contributed by atoms with Gasteiger partial charge in [0.15, 0.2) is 0 Å². The van der Waals surface area contributed by atoms with Crippen molar-refractivity contribution in [3.05, 3.63) is 0 Å². The van der Waals surface area contributed by atoms with Crippen molar-refractivity contribution in [3.8, 4) is 0 Å². The van der Waals surface area contributed by atoms with Gasteiger partial charge in [-0.25, -0.2) is 0 Å². The van der Waals surface area contributed by atoms with E-state index in [0.717, 1.165) is 0 Å². The lowest BCUT2D eigenvalue weighted by Gasteiger charge is -2.50. The Balaban J connectivity index is 2.44. The Labute approximate surface area is 103 Å². The van der Waals surface area contributed by atoms with Gasteiger partial charge in [-0.15, -0.1) is 0 Å². The first-order valence-corrected chi connectivity index (χ1v) is 5.89. The van der Waals surface area contributed by atoms with Crippen LogP contribution in [0.2, 0.25) is 0 Å². The quantitative estimate of drug-likeness (QED) is 0.686. The smallest absolute Gasteiger partial charge is 0.307 e. The number of carboxylic acids is 2. The zero-order chi connectivity index (χ0) is 13.4. The molecular formula is C12H14O6. The van der Waals surface area contributed by atoms with Crippen LogP contribution in [0, 0.1) is 35.5 Å². The molecule has 2 N–H and O–H groups in total. The van der Waals surface area contributed by atoms with Gasteiger partial charge in [0, 0.05) is 11.8 Å². The number of aldehydes is 2. The van der Waals surface area contributed by atoms with Gasteiger partial charge < -0.3 is 19.8 Å². The summed E-state index contributed by atoms with van der Waals surface area (Å²) in [6.45, 7) is 0. The fourth-order valence-corrected chi connectivity index (χ4v) is 3.77. The van der Waals surface area contributed by atoms with Crippen LogP contribution in [-0.4, -0.2) is 34.7 Å². The van der Waals surface area contributed by atoms with Crippen LogP contribution >= 0.6 is 0 Å². The summed E-state index contributed by atoms with van der Waals surface area (Å²) < 4.78 is 0. The molecule has 3 aliphatic carbocycles. The minimum absolute atomic E-state index is 0.499. The Morgan fingerprint density at radius 3 is 1.39 bits per heavy atom. The maximum absolute atomic E-state index is 11.2. The van der Waals surface area contributed by atoms with Crippen molar-refractivity contribution < 1.29 is 29.4 Å². The molecule has 0 aromatic heterocycles. The van der Waals surface area contributed by atoms with E-state index in [1.54, 1.807) is 0 Å². The molecule has 0 aromatic carbocycles. The van der Waals surface area contributed by atoms with Crippen LogP contribution < -0.4 is 0 Å². The molecule has 98 valence electrons. The van der Waals surface area contributed by atoms with E-state index in [4.69, 9.17) is 0 Å². The highest BCUT2D eigenvalue weighted by atomic mass is 16.4. The molecule has 0 heterocycles. The number of carboxylic acid groups (broad SMARTS) is 2. The van der Waals surface area contributed by atoms with Crippen LogP contribution in [0.5, 0.6) is 0 Å². The molecule has 6 atom stereocenters. The summed E-state index contributed by atoms with van der Waals surface area (Å²) in [5, 5.41) is 18.4.